The van der Waals surface area contributed by atoms with Gasteiger partial charge in [-0.3, -0.25) is 4.57 Å². The van der Waals surface area contributed by atoms with Crippen LogP contribution in [-0.4, -0.2) is 75.0 Å². The molecule has 17 heavy (non-hydrogen) atoms. The van der Waals surface area contributed by atoms with Crippen LogP contribution in [0.3, 0.4) is 0 Å². The van der Waals surface area contributed by atoms with E-state index in [2.05, 4.69) is 10.8 Å². The normalized spacial score (nSPS) is 14.1. The fourth-order valence-corrected chi connectivity index (χ4v) is 2.13. The second kappa shape index (κ2) is 13.7. The molecule has 0 spiro atoms. The molecule has 0 amide bonds. The summed E-state index contributed by atoms with van der Waals surface area (Å²) >= 11 is 0. The summed E-state index contributed by atoms with van der Waals surface area (Å²) in [6.45, 7) is 4.50. The predicted octanol–water partition coefficient (Wildman–Crippen LogP) is -0.485. The predicted molar refractivity (Wildman–Crippen MR) is 73.8 cm³/mol. The Morgan fingerprint density at radius 3 is 2.59 bits per heavy atom. The molecule has 0 aliphatic rings. The Kier molecular flexibility index (Phi) is 16.6. The summed E-state index contributed by atoms with van der Waals surface area (Å²) in [7, 11) is -3.44. The van der Waals surface area contributed by atoms with Crippen molar-refractivity contribution in [1.82, 2.24) is 10.8 Å². The van der Waals surface area contributed by atoms with Gasteiger partial charge < -0.3 is 15.9 Å². The first-order valence-corrected chi connectivity index (χ1v) is 7.52. The van der Waals surface area contributed by atoms with Gasteiger partial charge in [0.2, 0.25) is 0 Å². The molecule has 1 unspecified atom stereocenters. The van der Waals surface area contributed by atoms with Crippen LogP contribution in [0.15, 0.2) is 0 Å². The molecule has 0 bridgehead atoms. The van der Waals surface area contributed by atoms with Crippen LogP contribution in [0, 0.1) is 0 Å². The number of hydrogen-bond donors (Lipinski definition) is 4. The Hall–Kier alpha value is 1.29. The van der Waals surface area contributed by atoms with Crippen molar-refractivity contribution in [3.63, 3.8) is 0 Å². The van der Waals surface area contributed by atoms with E-state index in [4.69, 9.17) is 10.4 Å². The number of hydroxylamine groups is 1. The van der Waals surface area contributed by atoms with E-state index in [0.29, 0.717) is 19.6 Å². The Labute approximate surface area is 134 Å². The van der Waals surface area contributed by atoms with Gasteiger partial charge in [0.25, 0.3) is 0 Å². The van der Waals surface area contributed by atoms with Crippen molar-refractivity contribution in [2.24, 2.45) is 5.73 Å². The molecule has 0 aliphatic carbocycles. The molecule has 0 radical (unpaired) electrons. The van der Waals surface area contributed by atoms with Crippen LogP contribution in [0.5, 0.6) is 0 Å². The van der Waals surface area contributed by atoms with Gasteiger partial charge in [-0.05, 0) is 6.42 Å². The molecule has 8 heteroatoms. The number of unbranched alkanes of at least 4 members (excludes halogenated alkanes) is 2. The van der Waals surface area contributed by atoms with Gasteiger partial charge in [0.1, 0.15) is 0 Å². The topological polar surface area (TPSA) is 96.6 Å². The zero-order valence-electron chi connectivity index (χ0n) is 9.95. The summed E-state index contributed by atoms with van der Waals surface area (Å²) in [5.74, 6) is 0. The van der Waals surface area contributed by atoms with Gasteiger partial charge >= 0.3 is 45.3 Å². The Morgan fingerprint density at radius 2 is 2.00 bits per heavy atom. The molecule has 0 aromatic rings. The molecule has 6 nitrogen and oxygen atoms in total. The molecular formula is C9H26CaN3O3P. The average Bonchev–Trinajstić information content (AvgIpc) is 2.23. The third-order valence-electron chi connectivity index (χ3n) is 1.98. The molecular weight excluding hydrogens is 269 g/mol. The minimum absolute atomic E-state index is 0. The fourth-order valence-electron chi connectivity index (χ4n) is 1.12. The third kappa shape index (κ3) is 15.2. The first-order valence-electron chi connectivity index (χ1n) is 5.76. The van der Waals surface area contributed by atoms with Gasteiger partial charge in [0, 0.05) is 26.2 Å². The van der Waals surface area contributed by atoms with E-state index in [9.17, 15) is 9.46 Å². The summed E-state index contributed by atoms with van der Waals surface area (Å²) in [6, 6.07) is 0. The number of hydrogen-bond acceptors (Lipinski definition) is 5. The summed E-state index contributed by atoms with van der Waals surface area (Å²) < 4.78 is 16.2. The van der Waals surface area contributed by atoms with E-state index in [1.165, 1.54) is 0 Å². The van der Waals surface area contributed by atoms with Gasteiger partial charge in [-0.15, -0.1) is 0 Å². The maximum absolute atomic E-state index is 11.4. The molecule has 0 aromatic heterocycles. The first-order chi connectivity index (χ1) is 7.62. The summed E-state index contributed by atoms with van der Waals surface area (Å²) in [4.78, 5) is 9.37. The minimum atomic E-state index is -3.44. The molecule has 0 fully saturated rings. The van der Waals surface area contributed by atoms with Crippen LogP contribution in [0.4, 0.5) is 0 Å². The van der Waals surface area contributed by atoms with Crippen molar-refractivity contribution < 1.29 is 14.1 Å². The van der Waals surface area contributed by atoms with E-state index >= 15 is 0 Å². The van der Waals surface area contributed by atoms with Gasteiger partial charge in [-0.2, -0.15) is 5.48 Å². The second-order valence-corrected chi connectivity index (χ2v) is 5.50. The van der Waals surface area contributed by atoms with Gasteiger partial charge in [-0.25, -0.2) is 4.62 Å². The number of nitrogens with two attached hydrogens (primary N) is 1. The monoisotopic (exact) mass is 295 g/mol. The van der Waals surface area contributed by atoms with Crippen LogP contribution in [0.2, 0.25) is 0 Å². The molecule has 0 rings (SSSR count). The van der Waals surface area contributed by atoms with Gasteiger partial charge in [0.05, 0.1) is 6.16 Å². The van der Waals surface area contributed by atoms with Crippen LogP contribution in [0.25, 0.3) is 0 Å². The molecule has 5 N–H and O–H groups in total. The zero-order chi connectivity index (χ0) is 12.3. The summed E-state index contributed by atoms with van der Waals surface area (Å²) in [5, 5.41) is 3.03. The molecule has 0 saturated heterocycles. The van der Waals surface area contributed by atoms with E-state index in [1.807, 2.05) is 6.92 Å². The Balaban J connectivity index is 0. The van der Waals surface area contributed by atoms with E-state index in [-0.39, 0.29) is 43.9 Å². The Morgan fingerprint density at radius 1 is 1.29 bits per heavy atom. The number of nitrogens with one attached hydrogen (secondary N) is 2. The van der Waals surface area contributed by atoms with Crippen molar-refractivity contribution in [3.05, 3.63) is 0 Å². The van der Waals surface area contributed by atoms with Crippen molar-refractivity contribution >= 4 is 45.3 Å². The van der Waals surface area contributed by atoms with Crippen LogP contribution >= 0.6 is 7.60 Å². The molecule has 0 saturated carbocycles. The summed E-state index contributed by atoms with van der Waals surface area (Å²) in [6.07, 6.45) is 2.91. The van der Waals surface area contributed by atoms with E-state index in [1.54, 1.807) is 0 Å². The molecule has 1 atom stereocenters. The standard InChI is InChI=1S/C9H24N3O3P.Ca.2H/c1-2-3-4-9-16(13,14)15-12-8-7-11-6-5-10;;;/h11-12H,2-10H2,1H3,(H,13,14);;;. The molecule has 0 aliphatic heterocycles. The van der Waals surface area contributed by atoms with Crippen molar-refractivity contribution in [2.75, 3.05) is 32.3 Å². The Bertz CT molecular complexity index is 210. The molecule has 0 heterocycles. The van der Waals surface area contributed by atoms with Gasteiger partial charge in [-0.1, -0.05) is 19.8 Å². The van der Waals surface area contributed by atoms with Crippen LogP contribution < -0.4 is 16.5 Å². The van der Waals surface area contributed by atoms with E-state index in [0.717, 1.165) is 25.8 Å². The van der Waals surface area contributed by atoms with Crippen molar-refractivity contribution in [2.45, 2.75) is 26.2 Å². The van der Waals surface area contributed by atoms with Gasteiger partial charge in [0.15, 0.2) is 0 Å². The quantitative estimate of drug-likeness (QED) is 0.178. The van der Waals surface area contributed by atoms with E-state index < -0.39 is 7.60 Å². The van der Waals surface area contributed by atoms with Crippen molar-refractivity contribution in [1.29, 1.82) is 0 Å². The maximum atomic E-state index is 11.4. The average molecular weight is 295 g/mol. The fraction of sp³-hybridized carbons (Fsp3) is 1.00. The molecule has 0 aromatic carbocycles. The van der Waals surface area contributed by atoms with Crippen LogP contribution in [0.1, 0.15) is 26.2 Å². The first kappa shape index (κ1) is 20.6. The zero-order valence-corrected chi connectivity index (χ0v) is 10.8. The SMILES string of the molecule is CCCCCP(=O)(O)ONCCNCCN.[CaH2]. The van der Waals surface area contributed by atoms with Crippen molar-refractivity contribution in [3.8, 4) is 0 Å². The summed E-state index contributed by atoms with van der Waals surface area (Å²) in [5.41, 5.74) is 7.78. The molecule has 102 valence electrons. The second-order valence-electron chi connectivity index (χ2n) is 3.59. The third-order valence-corrected chi connectivity index (χ3v) is 3.27. The van der Waals surface area contributed by atoms with Crippen LogP contribution in [-0.2, 0) is 9.19 Å². The number of rotatable bonds is 11.